The number of sulfonamides is 1. The van der Waals surface area contributed by atoms with E-state index in [1.54, 1.807) is 0 Å². The lowest BCUT2D eigenvalue weighted by Crippen LogP contribution is -2.27. The molecular formula is C19H24N2O4S. The van der Waals surface area contributed by atoms with E-state index < -0.39 is 10.0 Å². The molecule has 0 radical (unpaired) electrons. The lowest BCUT2D eigenvalue weighted by atomic mass is 10.2. The van der Waals surface area contributed by atoms with Crippen LogP contribution in [0.4, 0.5) is 5.69 Å². The van der Waals surface area contributed by atoms with Crippen LogP contribution in [0.2, 0.25) is 0 Å². The summed E-state index contributed by atoms with van der Waals surface area (Å²) in [4.78, 5) is 12.1. The summed E-state index contributed by atoms with van der Waals surface area (Å²) in [6.45, 7) is 6.05. The van der Waals surface area contributed by atoms with Crippen LogP contribution < -0.4 is 14.8 Å². The highest BCUT2D eigenvalue weighted by Crippen LogP contribution is 2.16. The fraction of sp³-hybridized carbons (Fsp3) is 0.316. The van der Waals surface area contributed by atoms with Crippen molar-refractivity contribution in [3.63, 3.8) is 0 Å². The van der Waals surface area contributed by atoms with Gasteiger partial charge in [0.25, 0.3) is 5.91 Å². The minimum Gasteiger partial charge on any atom is -0.484 e. The minimum atomic E-state index is -3.53. The van der Waals surface area contributed by atoms with Gasteiger partial charge in [0.2, 0.25) is 10.0 Å². The highest BCUT2D eigenvalue weighted by molar-refractivity contribution is 7.89. The third-order valence-electron chi connectivity index (χ3n) is 3.52. The topological polar surface area (TPSA) is 84.5 Å². The predicted octanol–water partition coefficient (Wildman–Crippen LogP) is 2.95. The van der Waals surface area contributed by atoms with Crippen LogP contribution in [-0.2, 0) is 14.8 Å². The molecule has 0 saturated carbocycles. The number of ether oxygens (including phenoxy) is 1. The molecule has 0 aliphatic carbocycles. The van der Waals surface area contributed by atoms with Crippen molar-refractivity contribution in [1.29, 1.82) is 0 Å². The molecule has 0 fully saturated rings. The van der Waals surface area contributed by atoms with Crippen molar-refractivity contribution < 1.29 is 17.9 Å². The summed E-state index contributed by atoms with van der Waals surface area (Å²) in [5.74, 6) is 0.357. The number of benzene rings is 2. The first kappa shape index (κ1) is 19.9. The van der Waals surface area contributed by atoms with Gasteiger partial charge in [-0.3, -0.25) is 4.79 Å². The van der Waals surface area contributed by atoms with Crippen molar-refractivity contribution >= 4 is 21.6 Å². The quantitative estimate of drug-likeness (QED) is 0.742. The van der Waals surface area contributed by atoms with E-state index in [1.807, 2.05) is 45.0 Å². The summed E-state index contributed by atoms with van der Waals surface area (Å²) in [6.07, 6.45) is 0. The molecule has 2 aromatic carbocycles. The number of hydrogen-bond acceptors (Lipinski definition) is 4. The van der Waals surface area contributed by atoms with Crippen LogP contribution in [0.3, 0.4) is 0 Å². The van der Waals surface area contributed by atoms with Crippen molar-refractivity contribution in [2.75, 3.05) is 18.5 Å². The normalized spacial score (nSPS) is 11.4. The van der Waals surface area contributed by atoms with E-state index in [9.17, 15) is 13.2 Å². The van der Waals surface area contributed by atoms with Crippen LogP contribution in [-0.4, -0.2) is 27.5 Å². The third-order valence-corrected chi connectivity index (χ3v) is 4.96. The standard InChI is InChI=1S/C19H24N2O4S/c1-14(2)12-20-26(23,24)18-10-8-17(9-11-18)25-13-19(22)21-16-6-4-15(3)5-7-16/h4-11,14,20H,12-13H2,1-3H3,(H,21,22). The van der Waals surface area contributed by atoms with Gasteiger partial charge in [-0.1, -0.05) is 31.5 Å². The monoisotopic (exact) mass is 376 g/mol. The molecule has 7 heteroatoms. The lowest BCUT2D eigenvalue weighted by molar-refractivity contribution is -0.118. The fourth-order valence-electron chi connectivity index (χ4n) is 2.06. The van der Waals surface area contributed by atoms with Gasteiger partial charge < -0.3 is 10.1 Å². The average molecular weight is 376 g/mol. The summed E-state index contributed by atoms with van der Waals surface area (Å²) in [5.41, 5.74) is 1.80. The van der Waals surface area contributed by atoms with Gasteiger partial charge in [-0.15, -0.1) is 0 Å². The van der Waals surface area contributed by atoms with Gasteiger partial charge >= 0.3 is 0 Å². The molecule has 1 amide bonds. The van der Waals surface area contributed by atoms with Crippen molar-refractivity contribution in [2.45, 2.75) is 25.7 Å². The summed E-state index contributed by atoms with van der Waals surface area (Å²) < 4.78 is 32.2. The van der Waals surface area contributed by atoms with Crippen LogP contribution >= 0.6 is 0 Å². The molecule has 6 nitrogen and oxygen atoms in total. The fourth-order valence-corrected chi connectivity index (χ4v) is 3.27. The van der Waals surface area contributed by atoms with Crippen molar-refractivity contribution in [1.82, 2.24) is 4.72 Å². The Morgan fingerprint density at radius 3 is 2.23 bits per heavy atom. The predicted molar refractivity (Wildman–Crippen MR) is 102 cm³/mol. The van der Waals surface area contributed by atoms with Crippen molar-refractivity contribution in [2.24, 2.45) is 5.92 Å². The first-order chi connectivity index (χ1) is 12.3. The summed E-state index contributed by atoms with van der Waals surface area (Å²) >= 11 is 0. The Balaban J connectivity index is 1.88. The Labute approximate surface area is 154 Å². The average Bonchev–Trinajstić information content (AvgIpc) is 2.61. The van der Waals surface area contributed by atoms with E-state index in [2.05, 4.69) is 10.0 Å². The number of aryl methyl sites for hydroxylation is 1. The second kappa shape index (κ2) is 8.82. The number of carbonyl (C=O) groups excluding carboxylic acids is 1. The number of carbonyl (C=O) groups is 1. The van der Waals surface area contributed by atoms with Gasteiger partial charge in [-0.25, -0.2) is 13.1 Å². The number of anilines is 1. The molecule has 0 atom stereocenters. The molecule has 0 aliphatic rings. The van der Waals surface area contributed by atoms with E-state index in [0.29, 0.717) is 18.0 Å². The zero-order chi connectivity index (χ0) is 19.2. The molecule has 0 saturated heterocycles. The van der Waals surface area contributed by atoms with E-state index in [-0.39, 0.29) is 23.3 Å². The van der Waals surface area contributed by atoms with Crippen LogP contribution in [0.15, 0.2) is 53.4 Å². The second-order valence-electron chi connectivity index (χ2n) is 6.42. The van der Waals surface area contributed by atoms with Crippen LogP contribution in [0, 0.1) is 12.8 Å². The molecule has 0 bridgehead atoms. The molecule has 2 N–H and O–H groups in total. The Hall–Kier alpha value is -2.38. The van der Waals surface area contributed by atoms with Gasteiger partial charge in [-0.2, -0.15) is 0 Å². The Kier molecular flexibility index (Phi) is 6.76. The highest BCUT2D eigenvalue weighted by atomic mass is 32.2. The van der Waals surface area contributed by atoms with Crippen molar-refractivity contribution in [3.8, 4) is 5.75 Å². The lowest BCUT2D eigenvalue weighted by Gasteiger charge is -2.10. The maximum atomic E-state index is 12.1. The van der Waals surface area contributed by atoms with Gasteiger partial charge in [0.1, 0.15) is 5.75 Å². The van der Waals surface area contributed by atoms with E-state index in [4.69, 9.17) is 4.74 Å². The number of nitrogens with one attached hydrogen (secondary N) is 2. The maximum absolute atomic E-state index is 12.1. The summed E-state index contributed by atoms with van der Waals surface area (Å²) in [5, 5.41) is 2.73. The zero-order valence-electron chi connectivity index (χ0n) is 15.2. The molecule has 2 rings (SSSR count). The second-order valence-corrected chi connectivity index (χ2v) is 8.19. The first-order valence-electron chi connectivity index (χ1n) is 8.35. The summed E-state index contributed by atoms with van der Waals surface area (Å²) in [7, 11) is -3.53. The van der Waals surface area contributed by atoms with Gasteiger partial charge in [0, 0.05) is 12.2 Å². The molecular weight excluding hydrogens is 352 g/mol. The maximum Gasteiger partial charge on any atom is 0.262 e. The third kappa shape index (κ3) is 6.16. The van der Waals surface area contributed by atoms with Crippen LogP contribution in [0.5, 0.6) is 5.75 Å². The molecule has 0 heterocycles. The number of hydrogen-bond donors (Lipinski definition) is 2. The van der Waals surface area contributed by atoms with Crippen molar-refractivity contribution in [3.05, 3.63) is 54.1 Å². The summed E-state index contributed by atoms with van der Waals surface area (Å²) in [6, 6.07) is 13.4. The smallest absolute Gasteiger partial charge is 0.262 e. The molecule has 2 aromatic rings. The van der Waals surface area contributed by atoms with E-state index in [1.165, 1.54) is 24.3 Å². The van der Waals surface area contributed by atoms with Gasteiger partial charge in [-0.05, 0) is 49.2 Å². The largest absolute Gasteiger partial charge is 0.484 e. The Morgan fingerprint density at radius 1 is 1.04 bits per heavy atom. The molecule has 0 spiro atoms. The highest BCUT2D eigenvalue weighted by Gasteiger charge is 2.14. The molecule has 140 valence electrons. The van der Waals surface area contributed by atoms with Crippen LogP contribution in [0.25, 0.3) is 0 Å². The first-order valence-corrected chi connectivity index (χ1v) is 9.83. The molecule has 0 aliphatic heterocycles. The van der Waals surface area contributed by atoms with E-state index >= 15 is 0 Å². The van der Waals surface area contributed by atoms with E-state index in [0.717, 1.165) is 5.56 Å². The molecule has 0 aromatic heterocycles. The molecule has 0 unspecified atom stereocenters. The van der Waals surface area contributed by atoms with Crippen LogP contribution in [0.1, 0.15) is 19.4 Å². The zero-order valence-corrected chi connectivity index (χ0v) is 16.0. The number of amides is 1. The Morgan fingerprint density at radius 2 is 1.65 bits per heavy atom. The SMILES string of the molecule is Cc1ccc(NC(=O)COc2ccc(S(=O)(=O)NCC(C)C)cc2)cc1. The molecule has 26 heavy (non-hydrogen) atoms. The minimum absolute atomic E-state index is 0.161. The van der Waals surface area contributed by atoms with Gasteiger partial charge in [0.05, 0.1) is 4.90 Å². The Bertz CT molecular complexity index is 829. The number of rotatable bonds is 8. The van der Waals surface area contributed by atoms with Gasteiger partial charge in [0.15, 0.2) is 6.61 Å².